The number of nitrogens with two attached hydrogens (primary N) is 1. The van der Waals surface area contributed by atoms with Crippen molar-refractivity contribution in [3.63, 3.8) is 0 Å². The second-order valence-electron chi connectivity index (χ2n) is 5.44. The van der Waals surface area contributed by atoms with Crippen LogP contribution in [0, 0.1) is 6.92 Å². The summed E-state index contributed by atoms with van der Waals surface area (Å²) in [6.07, 6.45) is 1.89. The van der Waals surface area contributed by atoms with Gasteiger partial charge in [0.05, 0.1) is 5.69 Å². The first-order chi connectivity index (χ1) is 8.31. The van der Waals surface area contributed by atoms with Crippen LogP contribution in [-0.2, 0) is 13.0 Å². The predicted octanol–water partition coefficient (Wildman–Crippen LogP) is 2.14. The molecule has 5 heteroatoms. The van der Waals surface area contributed by atoms with E-state index in [2.05, 4.69) is 22.2 Å². The first-order valence-corrected chi connectivity index (χ1v) is 6.35. The summed E-state index contributed by atoms with van der Waals surface area (Å²) in [6, 6.07) is 0. The number of aliphatic imine (C=N–C) groups is 1. The van der Waals surface area contributed by atoms with E-state index in [1.165, 1.54) is 0 Å². The molecular weight excluding hydrogens is 228 g/mol. The van der Waals surface area contributed by atoms with Gasteiger partial charge in [0, 0.05) is 12.0 Å². The summed E-state index contributed by atoms with van der Waals surface area (Å²) in [7, 11) is 0. The summed E-state index contributed by atoms with van der Waals surface area (Å²) in [4.78, 5) is 8.62. The third-order valence-corrected chi connectivity index (χ3v) is 2.30. The highest BCUT2D eigenvalue weighted by molar-refractivity contribution is 5.78. The average Bonchev–Trinajstić information content (AvgIpc) is 2.54. The number of guanidine groups is 1. The zero-order valence-electron chi connectivity index (χ0n) is 12.0. The molecule has 0 aliphatic carbocycles. The molecule has 0 unspecified atom stereocenters. The highest BCUT2D eigenvalue weighted by atomic mass is 16.4. The van der Waals surface area contributed by atoms with Crippen LogP contribution >= 0.6 is 0 Å². The Kier molecular flexibility index (Phi) is 4.76. The Balaban J connectivity index is 2.65. The number of nitrogens with zero attached hydrogens (tertiary/aromatic N) is 2. The first kappa shape index (κ1) is 14.5. The summed E-state index contributed by atoms with van der Waals surface area (Å²) < 4.78 is 5.63. The van der Waals surface area contributed by atoms with E-state index >= 15 is 0 Å². The van der Waals surface area contributed by atoms with E-state index in [0.717, 1.165) is 30.2 Å². The first-order valence-electron chi connectivity index (χ1n) is 6.35. The van der Waals surface area contributed by atoms with Crippen LogP contribution in [0.1, 0.15) is 51.5 Å². The molecule has 1 heterocycles. The minimum absolute atomic E-state index is 0.0859. The molecule has 0 atom stereocenters. The lowest BCUT2D eigenvalue weighted by Gasteiger charge is -2.20. The van der Waals surface area contributed by atoms with Crippen molar-refractivity contribution in [3.05, 3.63) is 17.3 Å². The molecule has 0 bridgehead atoms. The Morgan fingerprint density at radius 3 is 2.67 bits per heavy atom. The summed E-state index contributed by atoms with van der Waals surface area (Å²) in [6.45, 7) is 10.6. The van der Waals surface area contributed by atoms with Crippen molar-refractivity contribution in [2.24, 2.45) is 10.7 Å². The van der Waals surface area contributed by atoms with Gasteiger partial charge in [-0.1, -0.05) is 6.92 Å². The zero-order valence-corrected chi connectivity index (χ0v) is 12.0. The summed E-state index contributed by atoms with van der Waals surface area (Å²) in [5.74, 6) is 2.00. The van der Waals surface area contributed by atoms with Crippen LogP contribution in [-0.4, -0.2) is 16.5 Å². The van der Waals surface area contributed by atoms with Crippen LogP contribution < -0.4 is 11.1 Å². The molecule has 0 amide bonds. The van der Waals surface area contributed by atoms with Gasteiger partial charge in [-0.2, -0.15) is 0 Å². The Labute approximate surface area is 109 Å². The number of rotatable bonds is 4. The van der Waals surface area contributed by atoms with Gasteiger partial charge < -0.3 is 15.5 Å². The number of hydrogen-bond acceptors (Lipinski definition) is 3. The summed E-state index contributed by atoms with van der Waals surface area (Å²) in [5.41, 5.74) is 6.61. The lowest BCUT2D eigenvalue weighted by Crippen LogP contribution is -2.44. The van der Waals surface area contributed by atoms with Gasteiger partial charge in [0.2, 0.25) is 0 Å². The molecule has 0 saturated heterocycles. The fourth-order valence-corrected chi connectivity index (χ4v) is 1.54. The van der Waals surface area contributed by atoms with Gasteiger partial charge in [0.1, 0.15) is 12.3 Å². The minimum Gasteiger partial charge on any atom is -0.443 e. The molecule has 1 rings (SSSR count). The van der Waals surface area contributed by atoms with E-state index in [0.29, 0.717) is 12.5 Å². The fourth-order valence-electron chi connectivity index (χ4n) is 1.54. The lowest BCUT2D eigenvalue weighted by atomic mass is 10.1. The molecule has 102 valence electrons. The molecule has 1 aromatic rings. The Morgan fingerprint density at radius 2 is 2.11 bits per heavy atom. The molecule has 5 nitrogen and oxygen atoms in total. The normalized spacial score (nSPS) is 12.8. The third-order valence-electron chi connectivity index (χ3n) is 2.30. The highest BCUT2D eigenvalue weighted by Gasteiger charge is 2.11. The number of oxazole rings is 1. The van der Waals surface area contributed by atoms with Crippen molar-refractivity contribution in [2.45, 2.75) is 59.5 Å². The van der Waals surface area contributed by atoms with Crippen molar-refractivity contribution >= 4 is 5.96 Å². The monoisotopic (exact) mass is 252 g/mol. The molecule has 0 aliphatic rings. The van der Waals surface area contributed by atoms with Crippen molar-refractivity contribution in [3.8, 4) is 0 Å². The van der Waals surface area contributed by atoms with Gasteiger partial charge in [-0.3, -0.25) is 0 Å². The SMILES string of the molecule is CCCc1nc(C)c(CN=C(N)NC(C)(C)C)o1. The number of aryl methyl sites for hydroxylation is 2. The van der Waals surface area contributed by atoms with Crippen LogP contribution in [0.5, 0.6) is 0 Å². The Morgan fingerprint density at radius 1 is 1.44 bits per heavy atom. The average molecular weight is 252 g/mol. The summed E-state index contributed by atoms with van der Waals surface area (Å²) in [5, 5.41) is 3.11. The van der Waals surface area contributed by atoms with Crippen molar-refractivity contribution in [2.75, 3.05) is 0 Å². The van der Waals surface area contributed by atoms with Crippen molar-refractivity contribution in [1.29, 1.82) is 0 Å². The van der Waals surface area contributed by atoms with Gasteiger partial charge in [-0.05, 0) is 34.1 Å². The van der Waals surface area contributed by atoms with Gasteiger partial charge in [0.15, 0.2) is 11.9 Å². The smallest absolute Gasteiger partial charge is 0.194 e. The second kappa shape index (κ2) is 5.89. The molecule has 18 heavy (non-hydrogen) atoms. The van der Waals surface area contributed by atoms with Gasteiger partial charge >= 0.3 is 0 Å². The quantitative estimate of drug-likeness (QED) is 0.636. The molecule has 0 radical (unpaired) electrons. The molecule has 0 fully saturated rings. The molecule has 3 N–H and O–H groups in total. The standard InChI is InChI=1S/C13H24N4O/c1-6-7-11-16-9(2)10(18-11)8-15-12(14)17-13(3,4)5/h6-8H2,1-5H3,(H3,14,15,17). The number of hydrogen-bond donors (Lipinski definition) is 2. The maximum Gasteiger partial charge on any atom is 0.194 e. The Hall–Kier alpha value is -1.52. The predicted molar refractivity (Wildman–Crippen MR) is 73.5 cm³/mol. The zero-order chi connectivity index (χ0) is 13.8. The molecule has 0 aliphatic heterocycles. The van der Waals surface area contributed by atoms with Gasteiger partial charge in [-0.15, -0.1) is 0 Å². The molecule has 0 aromatic carbocycles. The van der Waals surface area contributed by atoms with E-state index < -0.39 is 0 Å². The van der Waals surface area contributed by atoms with Gasteiger partial charge in [0.25, 0.3) is 0 Å². The van der Waals surface area contributed by atoms with Crippen molar-refractivity contribution < 1.29 is 4.42 Å². The topological polar surface area (TPSA) is 76.4 Å². The molecule has 1 aromatic heterocycles. The minimum atomic E-state index is -0.0859. The van der Waals surface area contributed by atoms with Crippen LogP contribution in [0.2, 0.25) is 0 Å². The molecule has 0 saturated carbocycles. The van der Waals surface area contributed by atoms with Crippen molar-refractivity contribution in [1.82, 2.24) is 10.3 Å². The number of aromatic nitrogens is 1. The summed E-state index contributed by atoms with van der Waals surface area (Å²) >= 11 is 0. The fraction of sp³-hybridized carbons (Fsp3) is 0.692. The third kappa shape index (κ3) is 4.77. The van der Waals surface area contributed by atoms with Crippen LogP contribution in [0.25, 0.3) is 0 Å². The van der Waals surface area contributed by atoms with Gasteiger partial charge in [-0.25, -0.2) is 9.98 Å². The largest absolute Gasteiger partial charge is 0.443 e. The maximum atomic E-state index is 5.80. The van der Waals surface area contributed by atoms with E-state index in [4.69, 9.17) is 10.2 Å². The number of nitrogens with one attached hydrogen (secondary N) is 1. The van der Waals surface area contributed by atoms with Crippen LogP contribution in [0.4, 0.5) is 0 Å². The maximum absolute atomic E-state index is 5.80. The van der Waals surface area contributed by atoms with Crippen LogP contribution in [0.15, 0.2) is 9.41 Å². The van der Waals surface area contributed by atoms with Crippen LogP contribution in [0.3, 0.4) is 0 Å². The highest BCUT2D eigenvalue weighted by Crippen LogP contribution is 2.12. The van der Waals surface area contributed by atoms with E-state index in [9.17, 15) is 0 Å². The second-order valence-corrected chi connectivity index (χ2v) is 5.44. The van der Waals surface area contributed by atoms with E-state index in [-0.39, 0.29) is 5.54 Å². The molecule has 0 spiro atoms. The Bertz CT molecular complexity index is 415. The lowest BCUT2D eigenvalue weighted by molar-refractivity contribution is 0.452. The van der Waals surface area contributed by atoms with E-state index in [1.54, 1.807) is 0 Å². The van der Waals surface area contributed by atoms with E-state index in [1.807, 2.05) is 27.7 Å². The molecular formula is C13H24N4O.